The molecule has 1 heterocycles. The van der Waals surface area contributed by atoms with Crippen LogP contribution in [0.1, 0.15) is 61.1 Å². The molecule has 0 atom stereocenters. The first kappa shape index (κ1) is 24.5. The molecule has 36 heavy (non-hydrogen) atoms. The summed E-state index contributed by atoms with van der Waals surface area (Å²) in [6.45, 7) is 3.81. The summed E-state index contributed by atoms with van der Waals surface area (Å²) in [4.78, 5) is 38.4. The van der Waals surface area contributed by atoms with Gasteiger partial charge in [0, 0.05) is 48.4 Å². The first-order chi connectivity index (χ1) is 17.3. The van der Waals surface area contributed by atoms with Crippen molar-refractivity contribution >= 4 is 39.1 Å². The summed E-state index contributed by atoms with van der Waals surface area (Å²) in [6.07, 6.45) is 3.88. The van der Waals surface area contributed by atoms with Crippen molar-refractivity contribution in [2.45, 2.75) is 58.3 Å². The Morgan fingerprint density at radius 3 is 2.25 bits per heavy atom. The predicted molar refractivity (Wildman–Crippen MR) is 140 cm³/mol. The van der Waals surface area contributed by atoms with E-state index in [0.29, 0.717) is 58.6 Å². The SMILES string of the molecule is Cc1ccc(NC(=O)COc2ccc(C3C4=C(CCCC4=O)OC4=C3C(=O)CCC4)cc2Br)c(C)c1. The fourth-order valence-electron chi connectivity index (χ4n) is 5.25. The highest BCUT2D eigenvalue weighted by Gasteiger charge is 2.41. The lowest BCUT2D eigenvalue weighted by molar-refractivity contribution is -0.119. The van der Waals surface area contributed by atoms with Crippen LogP contribution >= 0.6 is 15.9 Å². The summed E-state index contributed by atoms with van der Waals surface area (Å²) in [5, 5.41) is 2.88. The van der Waals surface area contributed by atoms with E-state index in [2.05, 4.69) is 21.2 Å². The zero-order chi connectivity index (χ0) is 25.4. The van der Waals surface area contributed by atoms with Gasteiger partial charge in [-0.05, 0) is 71.9 Å². The van der Waals surface area contributed by atoms with E-state index in [-0.39, 0.29) is 24.1 Å². The van der Waals surface area contributed by atoms with Gasteiger partial charge in [-0.15, -0.1) is 0 Å². The summed E-state index contributed by atoms with van der Waals surface area (Å²) in [5.41, 5.74) is 4.94. The number of hydrogen-bond donors (Lipinski definition) is 1. The third-order valence-electron chi connectivity index (χ3n) is 6.94. The molecular weight excluding hydrogens is 522 g/mol. The number of anilines is 1. The van der Waals surface area contributed by atoms with E-state index in [9.17, 15) is 14.4 Å². The lowest BCUT2D eigenvalue weighted by Gasteiger charge is -2.36. The van der Waals surface area contributed by atoms with Crippen molar-refractivity contribution in [2.75, 3.05) is 11.9 Å². The highest BCUT2D eigenvalue weighted by Crippen LogP contribution is 2.48. The van der Waals surface area contributed by atoms with E-state index in [1.165, 1.54) is 0 Å². The first-order valence-electron chi connectivity index (χ1n) is 12.3. The van der Waals surface area contributed by atoms with Crippen molar-refractivity contribution in [3.63, 3.8) is 0 Å². The molecule has 0 spiro atoms. The fourth-order valence-corrected chi connectivity index (χ4v) is 5.76. The topological polar surface area (TPSA) is 81.7 Å². The van der Waals surface area contributed by atoms with Crippen LogP contribution in [-0.4, -0.2) is 24.1 Å². The Kier molecular flexibility index (Phi) is 6.84. The van der Waals surface area contributed by atoms with Crippen LogP contribution in [0.15, 0.2) is 63.5 Å². The van der Waals surface area contributed by atoms with Crippen molar-refractivity contribution in [1.29, 1.82) is 0 Å². The van der Waals surface area contributed by atoms with E-state index in [1.807, 2.05) is 44.2 Å². The van der Waals surface area contributed by atoms with Crippen molar-refractivity contribution in [2.24, 2.45) is 0 Å². The number of aryl methyl sites for hydroxylation is 2. The van der Waals surface area contributed by atoms with Crippen LogP contribution in [0.25, 0.3) is 0 Å². The van der Waals surface area contributed by atoms with Gasteiger partial charge in [-0.1, -0.05) is 23.8 Å². The van der Waals surface area contributed by atoms with Crippen molar-refractivity contribution in [3.05, 3.63) is 80.2 Å². The maximum Gasteiger partial charge on any atom is 0.262 e. The Balaban J connectivity index is 1.37. The van der Waals surface area contributed by atoms with Gasteiger partial charge in [0.05, 0.1) is 4.47 Å². The second-order valence-corrected chi connectivity index (χ2v) is 10.5. The number of carbonyl (C=O) groups excluding carboxylic acids is 3. The van der Waals surface area contributed by atoms with Gasteiger partial charge in [0.15, 0.2) is 18.2 Å². The number of amides is 1. The second kappa shape index (κ2) is 10.1. The fraction of sp³-hybridized carbons (Fsp3) is 0.345. The van der Waals surface area contributed by atoms with Crippen molar-refractivity contribution in [3.8, 4) is 5.75 Å². The molecule has 3 aliphatic rings. The molecule has 7 heteroatoms. The van der Waals surface area contributed by atoms with Gasteiger partial charge in [-0.3, -0.25) is 14.4 Å². The van der Waals surface area contributed by atoms with E-state index >= 15 is 0 Å². The minimum Gasteiger partial charge on any atom is -0.483 e. The van der Waals surface area contributed by atoms with Gasteiger partial charge in [-0.25, -0.2) is 0 Å². The highest BCUT2D eigenvalue weighted by molar-refractivity contribution is 9.10. The lowest BCUT2D eigenvalue weighted by Crippen LogP contribution is -2.30. The normalized spacial score (nSPS) is 18.0. The molecule has 0 aromatic heterocycles. The molecule has 0 bridgehead atoms. The third kappa shape index (κ3) is 4.76. The molecule has 1 amide bonds. The third-order valence-corrected chi connectivity index (χ3v) is 7.56. The Morgan fingerprint density at radius 2 is 1.64 bits per heavy atom. The smallest absolute Gasteiger partial charge is 0.262 e. The molecule has 0 radical (unpaired) electrons. The Morgan fingerprint density at radius 1 is 0.972 bits per heavy atom. The summed E-state index contributed by atoms with van der Waals surface area (Å²) >= 11 is 3.57. The quantitative estimate of drug-likeness (QED) is 0.479. The average Bonchev–Trinajstić information content (AvgIpc) is 2.84. The van der Waals surface area contributed by atoms with Crippen LogP contribution in [-0.2, 0) is 19.1 Å². The number of nitrogens with one attached hydrogen (secondary N) is 1. The number of ether oxygens (including phenoxy) is 2. The number of rotatable bonds is 5. The van der Waals surface area contributed by atoms with Crippen LogP contribution < -0.4 is 10.1 Å². The van der Waals surface area contributed by atoms with E-state index < -0.39 is 5.92 Å². The molecule has 2 aliphatic carbocycles. The molecule has 0 fully saturated rings. The second-order valence-electron chi connectivity index (χ2n) is 9.61. The number of hydrogen-bond acceptors (Lipinski definition) is 5. The molecule has 186 valence electrons. The van der Waals surface area contributed by atoms with Gasteiger partial charge < -0.3 is 14.8 Å². The highest BCUT2D eigenvalue weighted by atomic mass is 79.9. The van der Waals surface area contributed by atoms with Gasteiger partial charge in [-0.2, -0.15) is 0 Å². The van der Waals surface area contributed by atoms with Crippen LogP contribution in [0.2, 0.25) is 0 Å². The van der Waals surface area contributed by atoms with Crippen LogP contribution in [0.5, 0.6) is 5.75 Å². The largest absolute Gasteiger partial charge is 0.483 e. The lowest BCUT2D eigenvalue weighted by atomic mass is 9.73. The number of benzene rings is 2. The van der Waals surface area contributed by atoms with Crippen LogP contribution in [0.3, 0.4) is 0 Å². The van der Waals surface area contributed by atoms with Crippen molar-refractivity contribution < 1.29 is 23.9 Å². The van der Waals surface area contributed by atoms with E-state index in [1.54, 1.807) is 6.07 Å². The minimum atomic E-state index is -0.428. The molecule has 5 rings (SSSR count). The molecule has 0 unspecified atom stereocenters. The summed E-state index contributed by atoms with van der Waals surface area (Å²) < 4.78 is 12.6. The zero-order valence-corrected chi connectivity index (χ0v) is 22.0. The molecular formula is C29H28BrNO5. The number of halogens is 1. The average molecular weight is 550 g/mol. The molecule has 0 saturated carbocycles. The Hall–Kier alpha value is -3.19. The maximum absolute atomic E-state index is 13.0. The Bertz CT molecular complexity index is 1300. The van der Waals surface area contributed by atoms with E-state index in [0.717, 1.165) is 35.2 Å². The number of ketones is 2. The number of carbonyl (C=O) groups is 3. The Labute approximate surface area is 218 Å². The molecule has 6 nitrogen and oxygen atoms in total. The first-order valence-corrected chi connectivity index (χ1v) is 13.1. The van der Waals surface area contributed by atoms with Gasteiger partial charge in [0.2, 0.25) is 0 Å². The minimum absolute atomic E-state index is 0.0469. The van der Waals surface area contributed by atoms with Gasteiger partial charge >= 0.3 is 0 Å². The monoisotopic (exact) mass is 549 g/mol. The van der Waals surface area contributed by atoms with E-state index in [4.69, 9.17) is 9.47 Å². The summed E-state index contributed by atoms with van der Waals surface area (Å²) in [6, 6.07) is 11.4. The predicted octanol–water partition coefficient (Wildman–Crippen LogP) is 6.21. The van der Waals surface area contributed by atoms with Crippen LogP contribution in [0.4, 0.5) is 5.69 Å². The van der Waals surface area contributed by atoms with Crippen LogP contribution in [0, 0.1) is 13.8 Å². The summed E-state index contributed by atoms with van der Waals surface area (Å²) in [5.74, 6) is 1.34. The number of Topliss-reactive ketones (excluding diaryl/α,β-unsaturated/α-hetero) is 2. The molecule has 2 aromatic carbocycles. The zero-order valence-electron chi connectivity index (χ0n) is 20.4. The van der Waals surface area contributed by atoms with Crippen molar-refractivity contribution in [1.82, 2.24) is 0 Å². The number of allylic oxidation sites excluding steroid dienone is 4. The standard InChI is InChI=1S/C29H28BrNO5/c1-16-9-11-20(17(2)13-16)31-26(34)15-35-23-12-10-18(14-19(23)30)27-28-21(32)5-3-7-24(28)36-25-8-4-6-22(33)29(25)27/h9-14,27H,3-8,15H2,1-2H3,(H,31,34). The van der Waals surface area contributed by atoms with Gasteiger partial charge in [0.1, 0.15) is 17.3 Å². The summed E-state index contributed by atoms with van der Waals surface area (Å²) in [7, 11) is 0. The molecule has 1 N–H and O–H groups in total. The molecule has 1 aliphatic heterocycles. The molecule has 0 saturated heterocycles. The maximum atomic E-state index is 13.0. The van der Waals surface area contributed by atoms with Gasteiger partial charge in [0.25, 0.3) is 5.91 Å². The molecule has 2 aromatic rings.